The molecular weight excluding hydrogens is 462 g/mol. The summed E-state index contributed by atoms with van der Waals surface area (Å²) in [6.07, 6.45) is -5.25. The average Bonchev–Trinajstić information content (AvgIpc) is 3.56. The molecule has 3 rings (SSSR count). The van der Waals surface area contributed by atoms with Gasteiger partial charge in [-0.2, -0.15) is 18.4 Å². The van der Waals surface area contributed by atoms with Gasteiger partial charge in [0.15, 0.2) is 11.8 Å². The fourth-order valence-electron chi connectivity index (χ4n) is 4.16. The Hall–Kier alpha value is -3.25. The van der Waals surface area contributed by atoms with Crippen molar-refractivity contribution in [1.82, 2.24) is 4.90 Å². The van der Waals surface area contributed by atoms with Crippen LogP contribution in [0.15, 0.2) is 48.5 Å². The maximum Gasteiger partial charge on any atom is 0.413 e. The minimum Gasteiger partial charge on any atom is -0.320 e. The van der Waals surface area contributed by atoms with Gasteiger partial charge < -0.3 is 10.6 Å². The zero-order valence-corrected chi connectivity index (χ0v) is 19.7. The Bertz CT molecular complexity index is 1140. The van der Waals surface area contributed by atoms with Gasteiger partial charge in [-0.1, -0.05) is 42.5 Å². The Morgan fingerprint density at radius 3 is 2.14 bits per heavy atom. The summed E-state index contributed by atoms with van der Waals surface area (Å²) in [6.45, 7) is 3.78. The van der Waals surface area contributed by atoms with Crippen molar-refractivity contribution in [3.63, 3.8) is 0 Å². The van der Waals surface area contributed by atoms with Gasteiger partial charge in [0.2, 0.25) is 5.91 Å². The molecule has 0 spiro atoms. The molecule has 1 amide bonds. The van der Waals surface area contributed by atoms with E-state index in [2.05, 4.69) is 0 Å². The first-order chi connectivity index (χ1) is 16.2. The maximum atomic E-state index is 14.4. The number of carbonyl (C=O) groups is 2. The smallest absolute Gasteiger partial charge is 0.320 e. The minimum absolute atomic E-state index is 0.0729. The van der Waals surface area contributed by atoms with Crippen molar-refractivity contribution in [2.45, 2.75) is 69.5 Å². The first kappa shape index (κ1) is 26.4. The van der Waals surface area contributed by atoms with Gasteiger partial charge in [0.25, 0.3) is 0 Å². The molecule has 5 nitrogen and oxygen atoms in total. The van der Waals surface area contributed by atoms with Crippen LogP contribution < -0.4 is 5.73 Å². The summed E-state index contributed by atoms with van der Waals surface area (Å²) >= 11 is 0. The van der Waals surface area contributed by atoms with Crippen LogP contribution in [0.2, 0.25) is 0 Å². The lowest BCUT2D eigenvalue weighted by atomic mass is 9.95. The van der Waals surface area contributed by atoms with Gasteiger partial charge in [0.05, 0.1) is 12.1 Å². The summed E-state index contributed by atoms with van der Waals surface area (Å²) in [5.41, 5.74) is 3.75. The zero-order chi connectivity index (χ0) is 26.2. The first-order valence-corrected chi connectivity index (χ1v) is 11.2. The third-order valence-corrected chi connectivity index (χ3v) is 6.05. The van der Waals surface area contributed by atoms with E-state index in [4.69, 9.17) is 5.73 Å². The van der Waals surface area contributed by atoms with Crippen LogP contribution in [0.3, 0.4) is 0 Å². The van der Waals surface area contributed by atoms with Gasteiger partial charge >= 0.3 is 6.18 Å². The predicted molar refractivity (Wildman–Crippen MR) is 123 cm³/mol. The number of ketones is 1. The number of carbonyl (C=O) groups excluding carboxylic acids is 2. The molecule has 1 aliphatic carbocycles. The van der Waals surface area contributed by atoms with E-state index in [0.29, 0.717) is 21.6 Å². The molecule has 2 aromatic rings. The van der Waals surface area contributed by atoms with E-state index in [-0.39, 0.29) is 24.2 Å². The molecule has 186 valence electrons. The standard InChI is InChI=1S/C26H27F4N3O2/c1-16(34)19-5-4-6-20(13-19)17-7-9-18(10-8-17)22(26(28,29)30)33(25(15-31)11-12-25)23(35)21(32)14-24(2,3)27/h4-10,13,21-22H,11-12,14,32H2,1-3H3/t21-,22-/m0/s1. The predicted octanol–water partition coefficient (Wildman–Crippen LogP) is 5.51. The van der Waals surface area contributed by atoms with Gasteiger partial charge in [-0.15, -0.1) is 0 Å². The number of benzene rings is 2. The molecule has 1 saturated carbocycles. The average molecular weight is 490 g/mol. The van der Waals surface area contributed by atoms with Crippen LogP contribution in [-0.4, -0.2) is 40.0 Å². The van der Waals surface area contributed by atoms with E-state index in [0.717, 1.165) is 0 Å². The highest BCUT2D eigenvalue weighted by atomic mass is 19.4. The van der Waals surface area contributed by atoms with Crippen LogP contribution in [0.4, 0.5) is 17.6 Å². The van der Waals surface area contributed by atoms with E-state index >= 15 is 0 Å². The number of nitrogens with two attached hydrogens (primary N) is 1. The fraction of sp³-hybridized carbons (Fsp3) is 0.423. The Morgan fingerprint density at radius 1 is 1.09 bits per heavy atom. The third kappa shape index (κ3) is 5.88. The molecule has 2 N–H and O–H groups in total. The molecule has 0 radical (unpaired) electrons. The molecule has 1 aliphatic rings. The van der Waals surface area contributed by atoms with Gasteiger partial charge in [-0.3, -0.25) is 9.59 Å². The molecule has 0 bridgehead atoms. The molecule has 0 heterocycles. The second-order valence-corrected chi connectivity index (χ2v) is 9.58. The summed E-state index contributed by atoms with van der Waals surface area (Å²) in [5, 5.41) is 9.66. The second kappa shape index (κ2) is 9.42. The van der Waals surface area contributed by atoms with Gasteiger partial charge in [-0.05, 0) is 56.4 Å². The van der Waals surface area contributed by atoms with Crippen molar-refractivity contribution >= 4 is 11.7 Å². The van der Waals surface area contributed by atoms with Crippen molar-refractivity contribution < 1.29 is 27.2 Å². The molecule has 0 aromatic heterocycles. The van der Waals surface area contributed by atoms with E-state index in [9.17, 15) is 32.4 Å². The molecule has 2 aromatic carbocycles. The second-order valence-electron chi connectivity index (χ2n) is 9.58. The minimum atomic E-state index is -4.91. The lowest BCUT2D eigenvalue weighted by molar-refractivity contribution is -0.198. The quantitative estimate of drug-likeness (QED) is 0.391. The number of hydrogen-bond acceptors (Lipinski definition) is 4. The number of amides is 1. The number of Topliss-reactive ketones (excluding diaryl/α,β-unsaturated/α-hetero) is 1. The van der Waals surface area contributed by atoms with E-state index in [1.165, 1.54) is 45.0 Å². The summed E-state index contributed by atoms with van der Waals surface area (Å²) in [7, 11) is 0. The lowest BCUT2D eigenvalue weighted by Crippen LogP contribution is -2.55. The summed E-state index contributed by atoms with van der Waals surface area (Å²) in [5.74, 6) is -1.26. The molecule has 0 aliphatic heterocycles. The summed E-state index contributed by atoms with van der Waals surface area (Å²) in [6, 6.07) is 9.98. The van der Waals surface area contributed by atoms with Crippen LogP contribution in [0.1, 0.15) is 62.0 Å². The number of nitriles is 1. The highest BCUT2D eigenvalue weighted by molar-refractivity contribution is 5.95. The van der Waals surface area contributed by atoms with Crippen LogP contribution in [0, 0.1) is 11.3 Å². The molecule has 0 unspecified atom stereocenters. The maximum absolute atomic E-state index is 14.4. The molecule has 35 heavy (non-hydrogen) atoms. The number of halogens is 4. The first-order valence-electron chi connectivity index (χ1n) is 11.2. The molecule has 9 heteroatoms. The van der Waals surface area contributed by atoms with Crippen LogP contribution >= 0.6 is 0 Å². The van der Waals surface area contributed by atoms with Crippen molar-refractivity contribution in [3.05, 3.63) is 59.7 Å². The van der Waals surface area contributed by atoms with E-state index < -0.39 is 41.8 Å². The molecular formula is C26H27F4N3O2. The van der Waals surface area contributed by atoms with Crippen molar-refractivity contribution in [3.8, 4) is 17.2 Å². The van der Waals surface area contributed by atoms with Crippen molar-refractivity contribution in [1.29, 1.82) is 5.26 Å². The highest BCUT2D eigenvalue weighted by Gasteiger charge is 2.60. The molecule has 2 atom stereocenters. The Balaban J connectivity index is 2.03. The topological polar surface area (TPSA) is 87.2 Å². The Morgan fingerprint density at radius 2 is 1.69 bits per heavy atom. The number of nitrogens with zero attached hydrogens (tertiary/aromatic N) is 2. The number of alkyl halides is 4. The van der Waals surface area contributed by atoms with Gasteiger partial charge in [0, 0.05) is 12.0 Å². The molecule has 1 fully saturated rings. The number of rotatable bonds is 8. The van der Waals surface area contributed by atoms with Crippen molar-refractivity contribution in [2.75, 3.05) is 0 Å². The lowest BCUT2D eigenvalue weighted by Gasteiger charge is -2.38. The molecule has 0 saturated heterocycles. The normalized spacial score (nSPS) is 16.7. The summed E-state index contributed by atoms with van der Waals surface area (Å²) < 4.78 is 57.4. The van der Waals surface area contributed by atoms with Gasteiger partial charge in [-0.25, -0.2) is 4.39 Å². The number of hydrogen-bond donors (Lipinski definition) is 1. The fourth-order valence-corrected chi connectivity index (χ4v) is 4.16. The largest absolute Gasteiger partial charge is 0.413 e. The van der Waals surface area contributed by atoms with Crippen LogP contribution in [-0.2, 0) is 4.79 Å². The van der Waals surface area contributed by atoms with Gasteiger partial charge in [0.1, 0.15) is 11.2 Å². The Labute approximate surface area is 201 Å². The highest BCUT2D eigenvalue weighted by Crippen LogP contribution is 2.50. The van der Waals surface area contributed by atoms with Crippen LogP contribution in [0.5, 0.6) is 0 Å². The Kier molecular flexibility index (Phi) is 7.09. The summed E-state index contributed by atoms with van der Waals surface area (Å²) in [4.78, 5) is 25.3. The SMILES string of the molecule is CC(=O)c1cccc(-c2ccc([C@H](N(C(=O)[C@@H](N)CC(C)(C)F)C3(C#N)CC3)C(F)(F)F)cc2)c1. The van der Waals surface area contributed by atoms with E-state index in [1.807, 2.05) is 6.07 Å². The zero-order valence-electron chi connectivity index (χ0n) is 19.7. The van der Waals surface area contributed by atoms with Crippen LogP contribution in [0.25, 0.3) is 11.1 Å². The van der Waals surface area contributed by atoms with E-state index in [1.54, 1.807) is 24.3 Å². The monoisotopic (exact) mass is 489 g/mol. The third-order valence-electron chi connectivity index (χ3n) is 6.05. The van der Waals surface area contributed by atoms with Crippen molar-refractivity contribution in [2.24, 2.45) is 5.73 Å².